The largest absolute Gasteiger partial charge is 0.396 e. The summed E-state index contributed by atoms with van der Waals surface area (Å²) in [7, 11) is 0. The van der Waals surface area contributed by atoms with Gasteiger partial charge in [-0.1, -0.05) is 45.3 Å². The molecular weight excluding hydrogens is 208 g/mol. The summed E-state index contributed by atoms with van der Waals surface area (Å²) in [4.78, 5) is 0. The fourth-order valence-corrected chi connectivity index (χ4v) is 3.51. The van der Waals surface area contributed by atoms with Gasteiger partial charge in [0, 0.05) is 6.61 Å². The van der Waals surface area contributed by atoms with Gasteiger partial charge in [-0.05, 0) is 49.9 Å². The Hall–Kier alpha value is -0.300. The van der Waals surface area contributed by atoms with Gasteiger partial charge in [0.05, 0.1) is 0 Å². The minimum absolute atomic E-state index is 0.280. The van der Waals surface area contributed by atoms with Crippen molar-refractivity contribution in [2.24, 2.45) is 17.3 Å². The number of hydrogen-bond acceptors (Lipinski definition) is 1. The van der Waals surface area contributed by atoms with Crippen molar-refractivity contribution in [3.63, 3.8) is 0 Å². The maximum atomic E-state index is 8.81. The molecule has 1 saturated carbocycles. The van der Waals surface area contributed by atoms with Gasteiger partial charge in [-0.15, -0.1) is 0 Å². The van der Waals surface area contributed by atoms with Gasteiger partial charge in [0.25, 0.3) is 0 Å². The third-order valence-electron chi connectivity index (χ3n) is 4.64. The lowest BCUT2D eigenvalue weighted by Crippen LogP contribution is -2.33. The first kappa shape index (κ1) is 14.8. The van der Waals surface area contributed by atoms with Crippen LogP contribution in [0.3, 0.4) is 0 Å². The molecule has 1 N–H and O–H groups in total. The van der Waals surface area contributed by atoms with E-state index < -0.39 is 0 Å². The van der Waals surface area contributed by atoms with Crippen LogP contribution >= 0.6 is 0 Å². The topological polar surface area (TPSA) is 20.2 Å². The summed E-state index contributed by atoms with van der Waals surface area (Å²) in [6.07, 6.45) is 9.75. The quantitative estimate of drug-likeness (QED) is 0.696. The molecule has 2 atom stereocenters. The van der Waals surface area contributed by atoms with Crippen molar-refractivity contribution >= 4 is 0 Å². The number of allylic oxidation sites excluding steroid dienone is 1. The number of rotatable bonds is 5. The van der Waals surface area contributed by atoms with E-state index in [-0.39, 0.29) is 6.61 Å². The zero-order valence-electron chi connectivity index (χ0n) is 12.1. The molecule has 17 heavy (non-hydrogen) atoms. The van der Waals surface area contributed by atoms with Crippen molar-refractivity contribution in [3.8, 4) is 0 Å². The molecule has 0 spiro atoms. The second-order valence-corrected chi connectivity index (χ2v) is 6.57. The number of aliphatic hydroxyl groups is 1. The predicted molar refractivity (Wildman–Crippen MR) is 75.0 cm³/mol. The Balaban J connectivity index is 2.48. The Bertz CT molecular complexity index is 252. The molecule has 1 nitrogen and oxygen atoms in total. The van der Waals surface area contributed by atoms with E-state index in [2.05, 4.69) is 33.8 Å². The van der Waals surface area contributed by atoms with Gasteiger partial charge >= 0.3 is 0 Å². The maximum absolute atomic E-state index is 8.81. The summed E-state index contributed by atoms with van der Waals surface area (Å²) >= 11 is 0. The highest BCUT2D eigenvalue weighted by molar-refractivity contribution is 4.99. The highest BCUT2D eigenvalue weighted by atomic mass is 16.2. The first-order valence-electron chi connectivity index (χ1n) is 7.24. The van der Waals surface area contributed by atoms with Crippen LogP contribution in [0.15, 0.2) is 11.6 Å². The van der Waals surface area contributed by atoms with Crippen LogP contribution in [0.2, 0.25) is 0 Å². The first-order chi connectivity index (χ1) is 7.97. The molecule has 0 bridgehead atoms. The van der Waals surface area contributed by atoms with Crippen molar-refractivity contribution in [2.75, 3.05) is 6.61 Å². The van der Waals surface area contributed by atoms with Crippen molar-refractivity contribution in [1.29, 1.82) is 0 Å². The lowest BCUT2D eigenvalue weighted by molar-refractivity contribution is 0.0767. The molecular formula is C16H30O. The molecule has 0 aromatic heterocycles. The zero-order valence-corrected chi connectivity index (χ0v) is 12.1. The van der Waals surface area contributed by atoms with Crippen molar-refractivity contribution in [2.45, 2.75) is 66.2 Å². The van der Waals surface area contributed by atoms with E-state index in [1.807, 2.05) is 0 Å². The third-order valence-corrected chi connectivity index (χ3v) is 4.64. The van der Waals surface area contributed by atoms with E-state index in [9.17, 15) is 0 Å². The first-order valence-corrected chi connectivity index (χ1v) is 7.24. The Labute approximate surface area is 107 Å². The zero-order chi connectivity index (χ0) is 12.9. The van der Waals surface area contributed by atoms with Crippen LogP contribution in [0.25, 0.3) is 0 Å². The number of aliphatic hydroxyl groups excluding tert-OH is 1. The molecule has 2 unspecified atom stereocenters. The van der Waals surface area contributed by atoms with E-state index in [1.165, 1.54) is 37.7 Å². The van der Waals surface area contributed by atoms with Gasteiger partial charge in [-0.25, -0.2) is 0 Å². The second-order valence-electron chi connectivity index (χ2n) is 6.57. The smallest absolute Gasteiger partial charge is 0.0465 e. The summed E-state index contributed by atoms with van der Waals surface area (Å²) in [6.45, 7) is 9.80. The van der Waals surface area contributed by atoms with Crippen LogP contribution in [-0.4, -0.2) is 11.7 Å². The molecule has 0 aliphatic heterocycles. The van der Waals surface area contributed by atoms with Gasteiger partial charge in [0.15, 0.2) is 0 Å². The van der Waals surface area contributed by atoms with Crippen LogP contribution in [0.5, 0.6) is 0 Å². The standard InChI is InChI=1S/C16H30O/c1-13(7-6-12-17)9-10-15-14(2)8-5-11-16(15,3)4/h7,14-15,17H,5-6,8-12H2,1-4H3/b13-7+. The summed E-state index contributed by atoms with van der Waals surface area (Å²) in [6, 6.07) is 0. The second kappa shape index (κ2) is 6.58. The lowest BCUT2D eigenvalue weighted by Gasteiger charge is -2.43. The van der Waals surface area contributed by atoms with Crippen molar-refractivity contribution < 1.29 is 5.11 Å². The predicted octanol–water partition coefficient (Wildman–Crippen LogP) is 4.56. The van der Waals surface area contributed by atoms with Gasteiger partial charge < -0.3 is 5.11 Å². The molecule has 1 aliphatic carbocycles. The fraction of sp³-hybridized carbons (Fsp3) is 0.875. The summed E-state index contributed by atoms with van der Waals surface area (Å²) in [5.41, 5.74) is 1.97. The van der Waals surface area contributed by atoms with E-state index in [0.717, 1.165) is 18.3 Å². The summed E-state index contributed by atoms with van der Waals surface area (Å²) < 4.78 is 0. The van der Waals surface area contributed by atoms with Crippen molar-refractivity contribution in [3.05, 3.63) is 11.6 Å². The maximum Gasteiger partial charge on any atom is 0.0465 e. The Kier molecular flexibility index (Phi) is 5.72. The van der Waals surface area contributed by atoms with E-state index in [4.69, 9.17) is 5.11 Å². The van der Waals surface area contributed by atoms with Crippen LogP contribution < -0.4 is 0 Å². The summed E-state index contributed by atoms with van der Waals surface area (Å²) in [5.74, 6) is 1.75. The molecule has 0 heterocycles. The Morgan fingerprint density at radius 2 is 2.12 bits per heavy atom. The fourth-order valence-electron chi connectivity index (χ4n) is 3.51. The normalized spacial score (nSPS) is 29.4. The van der Waals surface area contributed by atoms with Gasteiger partial charge in [0.2, 0.25) is 0 Å². The van der Waals surface area contributed by atoms with Gasteiger partial charge in [0.1, 0.15) is 0 Å². The summed E-state index contributed by atoms with van der Waals surface area (Å²) in [5, 5.41) is 8.81. The minimum atomic E-state index is 0.280. The van der Waals surface area contributed by atoms with Crippen LogP contribution in [-0.2, 0) is 0 Å². The molecule has 1 aliphatic rings. The Morgan fingerprint density at radius 3 is 2.71 bits per heavy atom. The van der Waals surface area contributed by atoms with Crippen LogP contribution in [0, 0.1) is 17.3 Å². The SMILES string of the molecule is C/C(=C\CCO)CCC1C(C)CCCC1(C)C. The Morgan fingerprint density at radius 1 is 1.41 bits per heavy atom. The molecule has 0 saturated heterocycles. The molecule has 1 fully saturated rings. The van der Waals surface area contributed by atoms with E-state index >= 15 is 0 Å². The molecule has 0 radical (unpaired) electrons. The van der Waals surface area contributed by atoms with E-state index in [1.54, 1.807) is 0 Å². The third kappa shape index (κ3) is 4.46. The van der Waals surface area contributed by atoms with Gasteiger partial charge in [-0.3, -0.25) is 0 Å². The van der Waals surface area contributed by atoms with E-state index in [0.29, 0.717) is 5.41 Å². The molecule has 1 heteroatoms. The van der Waals surface area contributed by atoms with Crippen LogP contribution in [0.1, 0.15) is 66.2 Å². The average molecular weight is 238 g/mol. The minimum Gasteiger partial charge on any atom is -0.396 e. The van der Waals surface area contributed by atoms with Gasteiger partial charge in [-0.2, -0.15) is 0 Å². The molecule has 100 valence electrons. The highest BCUT2D eigenvalue weighted by Gasteiger charge is 2.35. The molecule has 0 aromatic rings. The van der Waals surface area contributed by atoms with Crippen molar-refractivity contribution in [1.82, 2.24) is 0 Å². The average Bonchev–Trinajstić information content (AvgIpc) is 2.24. The molecule has 0 amide bonds. The lowest BCUT2D eigenvalue weighted by atomic mass is 9.62. The molecule has 1 rings (SSSR count). The monoisotopic (exact) mass is 238 g/mol. The molecule has 0 aromatic carbocycles. The van der Waals surface area contributed by atoms with Crippen LogP contribution in [0.4, 0.5) is 0 Å². The highest BCUT2D eigenvalue weighted by Crippen LogP contribution is 2.46. The number of hydrogen-bond donors (Lipinski definition) is 1.